The third-order valence-electron chi connectivity index (χ3n) is 3.28. The first-order chi connectivity index (χ1) is 7.92. The van der Waals surface area contributed by atoms with Crippen LogP contribution in [0.3, 0.4) is 0 Å². The fourth-order valence-corrected chi connectivity index (χ4v) is 2.02. The van der Waals surface area contributed by atoms with Crippen molar-refractivity contribution in [3.63, 3.8) is 0 Å². The van der Waals surface area contributed by atoms with Gasteiger partial charge in [0, 0.05) is 5.54 Å². The van der Waals surface area contributed by atoms with Crippen LogP contribution in [-0.2, 0) is 0 Å². The highest BCUT2D eigenvalue weighted by Gasteiger charge is 2.39. The summed E-state index contributed by atoms with van der Waals surface area (Å²) >= 11 is 0. The smallest absolute Gasteiger partial charge is 0.259 e. The second-order valence-corrected chi connectivity index (χ2v) is 5.12. The lowest BCUT2D eigenvalue weighted by atomic mass is 9.98. The number of phenols is 2. The van der Waals surface area contributed by atoms with Crippen LogP contribution in [0.4, 0.5) is 0 Å². The molecule has 4 heteroatoms. The van der Waals surface area contributed by atoms with Gasteiger partial charge in [0.25, 0.3) is 5.91 Å². The quantitative estimate of drug-likeness (QED) is 0.750. The fourth-order valence-electron chi connectivity index (χ4n) is 2.02. The van der Waals surface area contributed by atoms with Gasteiger partial charge in [0.15, 0.2) is 0 Å². The molecule has 0 spiro atoms. The summed E-state index contributed by atoms with van der Waals surface area (Å²) in [6, 6.07) is 4.27. The minimum absolute atomic E-state index is 0.0544. The monoisotopic (exact) mass is 235 g/mol. The minimum atomic E-state index is -0.433. The predicted molar refractivity (Wildman–Crippen MR) is 64.0 cm³/mol. The topological polar surface area (TPSA) is 69.6 Å². The fraction of sp³-hybridized carbons (Fsp3) is 0.462. The number of nitrogens with one attached hydrogen (secondary N) is 1. The van der Waals surface area contributed by atoms with E-state index in [1.807, 2.05) is 13.8 Å². The maximum Gasteiger partial charge on any atom is 0.259 e. The summed E-state index contributed by atoms with van der Waals surface area (Å²) in [6.45, 7) is 3.92. The third-order valence-corrected chi connectivity index (χ3v) is 3.28. The molecule has 2 rings (SSSR count). The first-order valence-electron chi connectivity index (χ1n) is 5.75. The van der Waals surface area contributed by atoms with Gasteiger partial charge < -0.3 is 15.5 Å². The molecular weight excluding hydrogens is 218 g/mol. The van der Waals surface area contributed by atoms with Crippen LogP contribution in [0.15, 0.2) is 18.2 Å². The molecule has 4 nitrogen and oxygen atoms in total. The summed E-state index contributed by atoms with van der Waals surface area (Å²) in [5.41, 5.74) is -0.354. The van der Waals surface area contributed by atoms with Crippen molar-refractivity contribution in [2.75, 3.05) is 0 Å². The van der Waals surface area contributed by atoms with Gasteiger partial charge in [-0.05, 0) is 44.7 Å². The van der Waals surface area contributed by atoms with E-state index in [1.54, 1.807) is 0 Å². The van der Waals surface area contributed by atoms with Gasteiger partial charge in [0.1, 0.15) is 17.1 Å². The lowest BCUT2D eigenvalue weighted by Crippen LogP contribution is -2.45. The lowest BCUT2D eigenvalue weighted by molar-refractivity contribution is 0.0898. The Balaban J connectivity index is 2.20. The highest BCUT2D eigenvalue weighted by atomic mass is 16.3. The predicted octanol–water partition coefficient (Wildman–Crippen LogP) is 2.02. The average molecular weight is 235 g/mol. The van der Waals surface area contributed by atoms with E-state index >= 15 is 0 Å². The molecule has 0 atom stereocenters. The largest absolute Gasteiger partial charge is 0.507 e. The molecule has 1 saturated carbocycles. The zero-order valence-corrected chi connectivity index (χ0v) is 10.0. The number of aromatic hydroxyl groups is 2. The van der Waals surface area contributed by atoms with E-state index in [0.717, 1.165) is 12.8 Å². The van der Waals surface area contributed by atoms with E-state index in [4.69, 9.17) is 0 Å². The van der Waals surface area contributed by atoms with Crippen molar-refractivity contribution in [3.8, 4) is 11.5 Å². The number of hydrogen-bond acceptors (Lipinski definition) is 3. The zero-order chi connectivity index (χ0) is 12.6. The number of hydrogen-bond donors (Lipinski definition) is 3. The first-order valence-corrected chi connectivity index (χ1v) is 5.75. The molecule has 3 N–H and O–H groups in total. The molecule has 0 aromatic heterocycles. The number of benzene rings is 1. The van der Waals surface area contributed by atoms with Gasteiger partial charge in [-0.1, -0.05) is 6.07 Å². The Labute approximate surface area is 100 Å². The van der Waals surface area contributed by atoms with Crippen LogP contribution in [0.5, 0.6) is 11.5 Å². The SMILES string of the molecule is CC(C)(NC(=O)c1c(O)cccc1O)C1CC1. The maximum atomic E-state index is 12.0. The Morgan fingerprint density at radius 2 is 1.82 bits per heavy atom. The van der Waals surface area contributed by atoms with Crippen LogP contribution < -0.4 is 5.32 Å². The highest BCUT2D eigenvalue weighted by molar-refractivity contribution is 5.99. The van der Waals surface area contributed by atoms with E-state index in [1.165, 1.54) is 18.2 Å². The number of phenolic OH excluding ortho intramolecular Hbond substituents is 2. The summed E-state index contributed by atoms with van der Waals surface area (Å²) in [6.07, 6.45) is 2.22. The molecule has 1 fully saturated rings. The number of rotatable bonds is 3. The molecule has 1 aliphatic rings. The van der Waals surface area contributed by atoms with Crippen LogP contribution >= 0.6 is 0 Å². The van der Waals surface area contributed by atoms with E-state index in [2.05, 4.69) is 5.32 Å². The van der Waals surface area contributed by atoms with Gasteiger partial charge in [0.05, 0.1) is 0 Å². The second-order valence-electron chi connectivity index (χ2n) is 5.12. The summed E-state index contributed by atoms with van der Waals surface area (Å²) in [5.74, 6) is -0.347. The standard InChI is InChI=1S/C13H17NO3/c1-13(2,8-6-7-8)14-12(17)11-9(15)4-3-5-10(11)16/h3-5,8,15-16H,6-7H2,1-2H3,(H,14,17). The highest BCUT2D eigenvalue weighted by Crippen LogP contribution is 2.39. The number of carbonyl (C=O) groups excluding carboxylic acids is 1. The summed E-state index contributed by atoms with van der Waals surface area (Å²) in [4.78, 5) is 12.0. The number of amides is 1. The molecule has 0 bridgehead atoms. The Bertz CT molecular complexity index is 430. The van der Waals surface area contributed by atoms with E-state index in [9.17, 15) is 15.0 Å². The lowest BCUT2D eigenvalue weighted by Gasteiger charge is -2.26. The average Bonchev–Trinajstić information content (AvgIpc) is 2.98. The van der Waals surface area contributed by atoms with Crippen molar-refractivity contribution in [1.29, 1.82) is 0 Å². The van der Waals surface area contributed by atoms with E-state index in [0.29, 0.717) is 5.92 Å². The molecule has 0 saturated heterocycles. The Kier molecular flexibility index (Phi) is 2.73. The van der Waals surface area contributed by atoms with Gasteiger partial charge >= 0.3 is 0 Å². The molecule has 1 aromatic carbocycles. The molecule has 92 valence electrons. The van der Waals surface area contributed by atoms with Crippen molar-refractivity contribution in [1.82, 2.24) is 5.32 Å². The Morgan fingerprint density at radius 1 is 1.29 bits per heavy atom. The molecule has 0 radical (unpaired) electrons. The summed E-state index contributed by atoms with van der Waals surface area (Å²) in [7, 11) is 0. The van der Waals surface area contributed by atoms with Crippen molar-refractivity contribution < 1.29 is 15.0 Å². The van der Waals surface area contributed by atoms with Gasteiger partial charge in [-0.25, -0.2) is 0 Å². The maximum absolute atomic E-state index is 12.0. The van der Waals surface area contributed by atoms with Gasteiger partial charge in [-0.3, -0.25) is 4.79 Å². The van der Waals surface area contributed by atoms with Crippen molar-refractivity contribution in [2.24, 2.45) is 5.92 Å². The molecule has 1 amide bonds. The Morgan fingerprint density at radius 3 is 2.29 bits per heavy atom. The summed E-state index contributed by atoms with van der Waals surface area (Å²) in [5, 5.41) is 22.0. The van der Waals surface area contributed by atoms with Gasteiger partial charge in [-0.15, -0.1) is 0 Å². The molecule has 1 aliphatic carbocycles. The van der Waals surface area contributed by atoms with E-state index in [-0.39, 0.29) is 22.6 Å². The van der Waals surface area contributed by atoms with Crippen molar-refractivity contribution in [2.45, 2.75) is 32.2 Å². The number of carbonyl (C=O) groups is 1. The van der Waals surface area contributed by atoms with Crippen molar-refractivity contribution in [3.05, 3.63) is 23.8 Å². The minimum Gasteiger partial charge on any atom is -0.507 e. The van der Waals surface area contributed by atoms with Crippen LogP contribution in [0, 0.1) is 5.92 Å². The Hall–Kier alpha value is -1.71. The van der Waals surface area contributed by atoms with Crippen LogP contribution in [0.2, 0.25) is 0 Å². The van der Waals surface area contributed by atoms with Crippen LogP contribution in [-0.4, -0.2) is 21.7 Å². The zero-order valence-electron chi connectivity index (χ0n) is 10.0. The first kappa shape index (κ1) is 11.8. The van der Waals surface area contributed by atoms with Crippen LogP contribution in [0.25, 0.3) is 0 Å². The van der Waals surface area contributed by atoms with Gasteiger partial charge in [-0.2, -0.15) is 0 Å². The molecule has 0 aliphatic heterocycles. The molecule has 0 unspecified atom stereocenters. The summed E-state index contributed by atoms with van der Waals surface area (Å²) < 4.78 is 0. The van der Waals surface area contributed by atoms with Crippen LogP contribution in [0.1, 0.15) is 37.0 Å². The third kappa shape index (κ3) is 2.35. The molecule has 0 heterocycles. The molecular formula is C13H17NO3. The molecule has 1 aromatic rings. The van der Waals surface area contributed by atoms with E-state index < -0.39 is 5.91 Å². The van der Waals surface area contributed by atoms with Gasteiger partial charge in [0.2, 0.25) is 0 Å². The molecule has 17 heavy (non-hydrogen) atoms. The second kappa shape index (κ2) is 3.95. The van der Waals surface area contributed by atoms with Crippen molar-refractivity contribution >= 4 is 5.91 Å². The normalized spacial score (nSPS) is 15.6.